The van der Waals surface area contributed by atoms with Gasteiger partial charge in [-0.25, -0.2) is 4.79 Å². The SMILES string of the molecule is CC1(NC(=O)OC(C)(C)C)CCC1.CCCC. The first kappa shape index (κ1) is 16.3. The second-order valence-corrected chi connectivity index (χ2v) is 6.04. The number of ether oxygens (including phenoxy) is 1. The molecule has 17 heavy (non-hydrogen) atoms. The maximum atomic E-state index is 11.3. The Labute approximate surface area is 106 Å². The molecule has 1 fully saturated rings. The lowest BCUT2D eigenvalue weighted by Gasteiger charge is -2.39. The van der Waals surface area contributed by atoms with Crippen molar-refractivity contribution in [1.29, 1.82) is 0 Å². The Bertz CT molecular complexity index is 225. The zero-order valence-electron chi connectivity index (χ0n) is 12.4. The van der Waals surface area contributed by atoms with Crippen molar-refractivity contribution in [3.63, 3.8) is 0 Å². The van der Waals surface area contributed by atoms with E-state index in [0.717, 1.165) is 12.8 Å². The molecule has 1 N–H and O–H groups in total. The van der Waals surface area contributed by atoms with E-state index >= 15 is 0 Å². The van der Waals surface area contributed by atoms with E-state index in [1.54, 1.807) is 0 Å². The summed E-state index contributed by atoms with van der Waals surface area (Å²) in [6.07, 6.45) is 5.67. The molecule has 0 spiro atoms. The second-order valence-electron chi connectivity index (χ2n) is 6.04. The average Bonchev–Trinajstić information content (AvgIpc) is 2.12. The van der Waals surface area contributed by atoms with Crippen LogP contribution in [0.2, 0.25) is 0 Å². The van der Waals surface area contributed by atoms with Crippen LogP contribution in [0.25, 0.3) is 0 Å². The molecular weight excluding hydrogens is 214 g/mol. The molecule has 0 aliphatic heterocycles. The number of carbonyl (C=O) groups excluding carboxylic acids is 1. The number of hydrogen-bond acceptors (Lipinski definition) is 2. The molecule has 0 aromatic carbocycles. The number of carbonyl (C=O) groups is 1. The number of hydrogen-bond donors (Lipinski definition) is 1. The van der Waals surface area contributed by atoms with Crippen LogP contribution < -0.4 is 5.32 Å². The van der Waals surface area contributed by atoms with Gasteiger partial charge in [-0.15, -0.1) is 0 Å². The monoisotopic (exact) mass is 243 g/mol. The van der Waals surface area contributed by atoms with Gasteiger partial charge in [-0.1, -0.05) is 26.7 Å². The van der Waals surface area contributed by atoms with Crippen LogP contribution in [0.1, 0.15) is 73.6 Å². The molecular formula is C14H29NO2. The summed E-state index contributed by atoms with van der Waals surface area (Å²) >= 11 is 0. The van der Waals surface area contributed by atoms with Crippen molar-refractivity contribution in [3.8, 4) is 0 Å². The smallest absolute Gasteiger partial charge is 0.408 e. The molecule has 1 rings (SSSR count). The summed E-state index contributed by atoms with van der Waals surface area (Å²) in [6, 6.07) is 0. The second kappa shape index (κ2) is 6.87. The summed E-state index contributed by atoms with van der Waals surface area (Å²) in [5, 5.41) is 2.89. The van der Waals surface area contributed by atoms with Gasteiger partial charge in [0.05, 0.1) is 0 Å². The molecule has 102 valence electrons. The minimum absolute atomic E-state index is 0.0116. The Morgan fingerprint density at radius 2 is 1.71 bits per heavy atom. The van der Waals surface area contributed by atoms with Gasteiger partial charge in [0, 0.05) is 5.54 Å². The van der Waals surface area contributed by atoms with E-state index in [1.165, 1.54) is 19.3 Å². The maximum absolute atomic E-state index is 11.3. The molecule has 1 amide bonds. The van der Waals surface area contributed by atoms with Crippen molar-refractivity contribution in [1.82, 2.24) is 5.32 Å². The number of nitrogens with one attached hydrogen (secondary N) is 1. The molecule has 0 saturated heterocycles. The summed E-state index contributed by atoms with van der Waals surface area (Å²) in [4.78, 5) is 11.3. The largest absolute Gasteiger partial charge is 0.444 e. The first-order chi connectivity index (χ1) is 7.72. The number of unbranched alkanes of at least 4 members (excludes halogenated alkanes) is 1. The van der Waals surface area contributed by atoms with Gasteiger partial charge >= 0.3 is 6.09 Å². The van der Waals surface area contributed by atoms with Crippen molar-refractivity contribution in [2.45, 2.75) is 84.8 Å². The predicted molar refractivity (Wildman–Crippen MR) is 72.2 cm³/mol. The molecule has 3 heteroatoms. The Morgan fingerprint density at radius 3 is 1.94 bits per heavy atom. The van der Waals surface area contributed by atoms with Gasteiger partial charge in [-0.3, -0.25) is 0 Å². The van der Waals surface area contributed by atoms with Gasteiger partial charge < -0.3 is 10.1 Å². The van der Waals surface area contributed by atoms with Crippen molar-refractivity contribution < 1.29 is 9.53 Å². The van der Waals surface area contributed by atoms with E-state index in [9.17, 15) is 4.79 Å². The van der Waals surface area contributed by atoms with Crippen molar-refractivity contribution in [2.75, 3.05) is 0 Å². The summed E-state index contributed by atoms with van der Waals surface area (Å²) in [5.41, 5.74) is -0.410. The lowest BCUT2D eigenvalue weighted by atomic mass is 9.79. The molecule has 3 nitrogen and oxygen atoms in total. The van der Waals surface area contributed by atoms with Gasteiger partial charge in [0.1, 0.15) is 5.60 Å². The van der Waals surface area contributed by atoms with Gasteiger partial charge in [0.15, 0.2) is 0 Å². The van der Waals surface area contributed by atoms with E-state index in [2.05, 4.69) is 26.1 Å². The lowest BCUT2D eigenvalue weighted by molar-refractivity contribution is 0.0405. The molecule has 1 saturated carbocycles. The fourth-order valence-electron chi connectivity index (χ4n) is 1.38. The zero-order chi connectivity index (χ0) is 13.5. The summed E-state index contributed by atoms with van der Waals surface area (Å²) in [6.45, 7) is 12.0. The Balaban J connectivity index is 0.000000557. The van der Waals surface area contributed by atoms with Crippen LogP contribution in [0.15, 0.2) is 0 Å². The summed E-state index contributed by atoms with van der Waals surface area (Å²) < 4.78 is 5.16. The Kier molecular flexibility index (Phi) is 6.58. The van der Waals surface area contributed by atoms with Crippen molar-refractivity contribution in [2.24, 2.45) is 0 Å². The highest BCUT2D eigenvalue weighted by atomic mass is 16.6. The van der Waals surface area contributed by atoms with E-state index in [1.807, 2.05) is 20.8 Å². The molecule has 1 aliphatic rings. The third-order valence-corrected chi connectivity index (χ3v) is 2.76. The quantitative estimate of drug-likeness (QED) is 0.787. The van der Waals surface area contributed by atoms with E-state index < -0.39 is 5.60 Å². The average molecular weight is 243 g/mol. The summed E-state index contributed by atoms with van der Waals surface area (Å²) in [7, 11) is 0. The molecule has 1 aliphatic carbocycles. The van der Waals surface area contributed by atoms with E-state index in [4.69, 9.17) is 4.74 Å². The fourth-order valence-corrected chi connectivity index (χ4v) is 1.38. The molecule has 0 aromatic rings. The van der Waals surface area contributed by atoms with E-state index in [-0.39, 0.29) is 11.6 Å². The predicted octanol–water partition coefficient (Wildman–Crippen LogP) is 4.26. The van der Waals surface area contributed by atoms with Crippen molar-refractivity contribution >= 4 is 6.09 Å². The third-order valence-electron chi connectivity index (χ3n) is 2.76. The lowest BCUT2D eigenvalue weighted by Crippen LogP contribution is -2.52. The van der Waals surface area contributed by atoms with Crippen LogP contribution >= 0.6 is 0 Å². The standard InChI is InChI=1S/C10H19NO2.C4H10/c1-9(2,3)13-8(12)11-10(4)6-5-7-10;1-3-4-2/h5-7H2,1-4H3,(H,11,12);3-4H2,1-2H3. The molecule has 0 atom stereocenters. The van der Waals surface area contributed by atoms with Crippen LogP contribution in [-0.4, -0.2) is 17.2 Å². The van der Waals surface area contributed by atoms with Crippen LogP contribution in [0.3, 0.4) is 0 Å². The van der Waals surface area contributed by atoms with Crippen molar-refractivity contribution in [3.05, 3.63) is 0 Å². The van der Waals surface area contributed by atoms with Crippen LogP contribution in [-0.2, 0) is 4.74 Å². The minimum Gasteiger partial charge on any atom is -0.444 e. The zero-order valence-corrected chi connectivity index (χ0v) is 12.4. The first-order valence-electron chi connectivity index (χ1n) is 6.73. The molecule has 0 unspecified atom stereocenters. The number of amides is 1. The normalized spacial score (nSPS) is 17.3. The molecule has 0 aromatic heterocycles. The van der Waals surface area contributed by atoms with E-state index in [0.29, 0.717) is 0 Å². The number of rotatable bonds is 2. The van der Waals surface area contributed by atoms with Crippen LogP contribution in [0.4, 0.5) is 4.79 Å². The molecule has 0 radical (unpaired) electrons. The van der Waals surface area contributed by atoms with Gasteiger partial charge in [-0.05, 0) is 47.0 Å². The van der Waals surface area contributed by atoms with Gasteiger partial charge in [0.25, 0.3) is 0 Å². The number of alkyl carbamates (subject to hydrolysis) is 1. The van der Waals surface area contributed by atoms with Crippen LogP contribution in [0, 0.1) is 0 Å². The fraction of sp³-hybridized carbons (Fsp3) is 0.929. The van der Waals surface area contributed by atoms with Gasteiger partial charge in [-0.2, -0.15) is 0 Å². The highest BCUT2D eigenvalue weighted by molar-refractivity contribution is 5.68. The molecule has 0 heterocycles. The summed E-state index contributed by atoms with van der Waals surface area (Å²) in [5.74, 6) is 0. The third kappa shape index (κ3) is 8.06. The Hall–Kier alpha value is -0.730. The highest BCUT2D eigenvalue weighted by Gasteiger charge is 2.34. The van der Waals surface area contributed by atoms with Gasteiger partial charge in [0.2, 0.25) is 0 Å². The van der Waals surface area contributed by atoms with Crippen LogP contribution in [0.5, 0.6) is 0 Å². The topological polar surface area (TPSA) is 38.3 Å². The first-order valence-corrected chi connectivity index (χ1v) is 6.73. The highest BCUT2D eigenvalue weighted by Crippen LogP contribution is 2.31. The molecule has 0 bridgehead atoms. The minimum atomic E-state index is -0.399. The maximum Gasteiger partial charge on any atom is 0.408 e. The Morgan fingerprint density at radius 1 is 1.24 bits per heavy atom.